The van der Waals surface area contributed by atoms with Crippen LogP contribution in [0.2, 0.25) is 0 Å². The van der Waals surface area contributed by atoms with Gasteiger partial charge in [0.25, 0.3) is 0 Å². The summed E-state index contributed by atoms with van der Waals surface area (Å²) in [5, 5.41) is 0. The Morgan fingerprint density at radius 2 is 1.33 bits per heavy atom. The van der Waals surface area contributed by atoms with E-state index in [1.165, 1.54) is 14.2 Å². The van der Waals surface area contributed by atoms with Crippen LogP contribution < -0.4 is 0 Å². The van der Waals surface area contributed by atoms with Crippen molar-refractivity contribution in [2.24, 2.45) is 0 Å². The van der Waals surface area contributed by atoms with Crippen molar-refractivity contribution in [2.45, 2.75) is 25.4 Å². The molecule has 0 rings (SSSR count). The molecule has 0 aliphatic rings. The Kier molecular flexibility index (Phi) is 5.11. The van der Waals surface area contributed by atoms with Crippen molar-refractivity contribution >= 4 is 0 Å². The van der Waals surface area contributed by atoms with Crippen LogP contribution in [0.3, 0.4) is 0 Å². The molecule has 0 saturated carbocycles. The van der Waals surface area contributed by atoms with Crippen molar-refractivity contribution in [3.63, 3.8) is 0 Å². The summed E-state index contributed by atoms with van der Waals surface area (Å²) in [5.74, 6) is -1.11. The molecule has 0 atom stereocenters. The Morgan fingerprint density at radius 3 is 1.42 bits per heavy atom. The van der Waals surface area contributed by atoms with Crippen molar-refractivity contribution in [3.8, 4) is 0 Å². The summed E-state index contributed by atoms with van der Waals surface area (Å²) in [7, 11) is 4.63. The third kappa shape index (κ3) is 2.15. The Hall–Kier alpha value is 0.723. The number of ether oxygens (including phenoxy) is 3. The number of rotatable bonds is 5. The number of hydrogen-bond acceptors (Lipinski definition) is 4. The summed E-state index contributed by atoms with van der Waals surface area (Å²) >= 11 is 0.868. The molecule has 5 heteroatoms. The van der Waals surface area contributed by atoms with Gasteiger partial charge in [0.05, 0.1) is 0 Å². The van der Waals surface area contributed by atoms with Gasteiger partial charge in [-0.1, -0.05) is 0 Å². The molecule has 0 N–H and O–H groups in total. The van der Waals surface area contributed by atoms with Gasteiger partial charge in [-0.25, -0.2) is 0 Å². The minimum atomic E-state index is -1.11. The van der Waals surface area contributed by atoms with E-state index in [0.29, 0.717) is 0 Å². The summed E-state index contributed by atoms with van der Waals surface area (Å²) in [6.07, 6.45) is 0. The van der Waals surface area contributed by atoms with E-state index < -0.39 is 11.6 Å². The van der Waals surface area contributed by atoms with E-state index in [1.807, 2.05) is 13.8 Å². The molecule has 0 amide bonds. The number of methoxy groups -OCH3 is 3. The molecule has 0 unspecified atom stereocenters. The third-order valence-electron chi connectivity index (χ3n) is 1.92. The molecule has 0 aromatic carbocycles. The molecule has 0 aromatic rings. The molecular weight excluding hydrogens is 239 g/mol. The van der Waals surface area contributed by atoms with Crippen molar-refractivity contribution < 1.29 is 42.2 Å². The molecule has 4 nitrogen and oxygen atoms in total. The van der Waals surface area contributed by atoms with E-state index in [4.69, 9.17) is 17.0 Å². The van der Waals surface area contributed by atoms with Crippen LogP contribution in [0.5, 0.6) is 0 Å². The molecule has 0 radical (unpaired) electrons. The third-order valence-corrected chi connectivity index (χ3v) is 2.58. The van der Waals surface area contributed by atoms with E-state index in [9.17, 15) is 0 Å². The van der Waals surface area contributed by atoms with Gasteiger partial charge in [-0.2, -0.15) is 0 Å². The van der Waals surface area contributed by atoms with Gasteiger partial charge in [-0.05, 0) is 0 Å². The summed E-state index contributed by atoms with van der Waals surface area (Å²) in [6.45, 7) is 3.67. The maximum absolute atomic E-state index is 5.22. The molecule has 0 spiro atoms. The topological polar surface area (TPSA) is 36.9 Å². The van der Waals surface area contributed by atoms with E-state index in [0.717, 1.165) is 25.2 Å². The van der Waals surface area contributed by atoms with Crippen LogP contribution in [0.15, 0.2) is 0 Å². The predicted octanol–water partition coefficient (Wildman–Crippen LogP) is 0.836. The van der Waals surface area contributed by atoms with Crippen LogP contribution in [0.4, 0.5) is 0 Å². The molecule has 0 aliphatic heterocycles. The number of hydrogen-bond donors (Lipinski definition) is 0. The summed E-state index contributed by atoms with van der Waals surface area (Å²) in [5.41, 5.74) is -0.639. The van der Waals surface area contributed by atoms with Crippen molar-refractivity contribution in [1.82, 2.24) is 0 Å². The van der Waals surface area contributed by atoms with Crippen LogP contribution in [-0.4, -0.2) is 32.9 Å². The Bertz CT molecular complexity index is 125. The molecule has 0 saturated heterocycles. The first-order valence-electron chi connectivity index (χ1n) is 3.50. The van der Waals surface area contributed by atoms with Crippen LogP contribution >= 0.6 is 0 Å². The van der Waals surface area contributed by atoms with Crippen LogP contribution in [0.1, 0.15) is 13.8 Å². The summed E-state index contributed by atoms with van der Waals surface area (Å²) in [6, 6.07) is 0. The minimum absolute atomic E-state index is 0.639. The Balaban J connectivity index is 4.69. The quantitative estimate of drug-likeness (QED) is 0.681. The molecule has 0 aliphatic carbocycles. The van der Waals surface area contributed by atoms with Gasteiger partial charge in [-0.3, -0.25) is 0 Å². The van der Waals surface area contributed by atoms with Crippen molar-refractivity contribution in [3.05, 3.63) is 0 Å². The molecule has 0 bridgehead atoms. The molecule has 0 heterocycles. The second-order valence-electron chi connectivity index (χ2n) is 2.78. The SMILES string of the molecule is COC(C)(C)C(OC)(OC)[O][Zr]. The molecule has 12 heavy (non-hydrogen) atoms. The van der Waals surface area contributed by atoms with Gasteiger partial charge < -0.3 is 0 Å². The van der Waals surface area contributed by atoms with Gasteiger partial charge in [0.2, 0.25) is 0 Å². The zero-order chi connectivity index (χ0) is 9.83. The van der Waals surface area contributed by atoms with E-state index in [2.05, 4.69) is 0 Å². The van der Waals surface area contributed by atoms with Crippen LogP contribution in [-0.2, 0) is 42.2 Å². The van der Waals surface area contributed by atoms with Crippen LogP contribution in [0.25, 0.3) is 0 Å². The van der Waals surface area contributed by atoms with Gasteiger partial charge in [0, 0.05) is 0 Å². The fraction of sp³-hybridized carbons (Fsp3) is 1.00. The Morgan fingerprint density at radius 1 is 0.917 bits per heavy atom. The molecular formula is C7H15O4Zr. The first-order valence-corrected chi connectivity index (χ1v) is 4.50. The standard InChI is InChI=1S/C7H15O4.Zr/c1-6(2,9-3)7(8,10-4)11-5;/h1-5H3;/q-1;+1. The zero-order valence-corrected chi connectivity index (χ0v) is 10.6. The first-order chi connectivity index (χ1) is 5.49. The van der Waals surface area contributed by atoms with Gasteiger partial charge in [0.15, 0.2) is 0 Å². The van der Waals surface area contributed by atoms with E-state index in [1.54, 1.807) is 7.11 Å². The van der Waals surface area contributed by atoms with Gasteiger partial charge in [-0.15, -0.1) is 0 Å². The molecule has 0 aromatic heterocycles. The predicted molar refractivity (Wildman–Crippen MR) is 38.9 cm³/mol. The van der Waals surface area contributed by atoms with E-state index >= 15 is 0 Å². The average Bonchev–Trinajstić information content (AvgIpc) is 2.08. The summed E-state index contributed by atoms with van der Waals surface area (Å²) < 4.78 is 20.7. The van der Waals surface area contributed by atoms with Gasteiger partial charge in [0.1, 0.15) is 0 Å². The first kappa shape index (κ1) is 12.7. The fourth-order valence-corrected chi connectivity index (χ4v) is 1.92. The fourth-order valence-electron chi connectivity index (χ4n) is 0.906. The van der Waals surface area contributed by atoms with Gasteiger partial charge >= 0.3 is 88.9 Å². The van der Waals surface area contributed by atoms with Crippen LogP contribution in [0, 0.1) is 0 Å². The average molecular weight is 254 g/mol. The second-order valence-corrected chi connectivity index (χ2v) is 3.28. The van der Waals surface area contributed by atoms with Crippen molar-refractivity contribution in [1.29, 1.82) is 0 Å². The van der Waals surface area contributed by atoms with Crippen molar-refractivity contribution in [2.75, 3.05) is 21.3 Å². The molecule has 0 fully saturated rings. The normalized spacial score (nSPS) is 13.3. The zero-order valence-electron chi connectivity index (χ0n) is 8.13. The molecule has 71 valence electrons. The van der Waals surface area contributed by atoms with E-state index in [-0.39, 0.29) is 0 Å². The maximum atomic E-state index is 5.22. The monoisotopic (exact) mass is 253 g/mol. The second kappa shape index (κ2) is 4.82. The Labute approximate surface area is 89.0 Å². The summed E-state index contributed by atoms with van der Waals surface area (Å²) in [4.78, 5) is 0.